The van der Waals surface area contributed by atoms with Crippen LogP contribution in [0, 0.1) is 6.92 Å². The molecule has 160 valence electrons. The topological polar surface area (TPSA) is 90.5 Å². The molecule has 0 aliphatic rings. The first-order valence-electron chi connectivity index (χ1n) is 10.0. The van der Waals surface area contributed by atoms with Crippen LogP contribution in [0.4, 0.5) is 17.1 Å². The minimum absolute atomic E-state index is 0.0532. The molecule has 0 aliphatic heterocycles. The zero-order valence-electron chi connectivity index (χ0n) is 18.0. The Hall–Kier alpha value is -3.35. The zero-order chi connectivity index (χ0) is 22.1. The van der Waals surface area contributed by atoms with Crippen molar-refractivity contribution in [1.82, 2.24) is 4.90 Å². The maximum absolute atomic E-state index is 12.3. The Kier molecular flexibility index (Phi) is 8.41. The van der Waals surface area contributed by atoms with E-state index in [-0.39, 0.29) is 24.3 Å². The van der Waals surface area contributed by atoms with E-state index in [0.29, 0.717) is 24.9 Å². The second kappa shape index (κ2) is 11.0. The van der Waals surface area contributed by atoms with Crippen molar-refractivity contribution in [2.24, 2.45) is 0 Å². The lowest BCUT2D eigenvalue weighted by molar-refractivity contribution is -0.128. The van der Waals surface area contributed by atoms with E-state index in [9.17, 15) is 14.4 Å². The van der Waals surface area contributed by atoms with E-state index in [2.05, 4.69) is 16.0 Å². The van der Waals surface area contributed by atoms with Gasteiger partial charge in [0.1, 0.15) is 0 Å². The number of nitrogens with one attached hydrogen (secondary N) is 3. The van der Waals surface area contributed by atoms with Crippen molar-refractivity contribution >= 4 is 34.8 Å². The number of carbonyl (C=O) groups excluding carboxylic acids is 3. The number of rotatable bonds is 9. The molecule has 0 heterocycles. The molecule has 3 N–H and O–H groups in total. The molecule has 2 aromatic carbocycles. The second-order valence-corrected chi connectivity index (χ2v) is 7.27. The molecule has 7 heteroatoms. The molecule has 0 spiro atoms. The number of amides is 3. The molecular weight excluding hydrogens is 380 g/mol. The molecular formula is C23H30N4O3. The highest BCUT2D eigenvalue weighted by Crippen LogP contribution is 2.23. The standard InChI is InChI=1S/C23H30N4O3/c1-5-21(28)26-20-8-6-7-19(16(20)2)24-15-22(29)25-18-12-9-17(10-13-18)11-14-23(30)27(3)4/h6-10,12-13,24H,5,11,14-15H2,1-4H3,(H,25,29)(H,26,28). The van der Waals surface area contributed by atoms with Crippen LogP contribution in [0.3, 0.4) is 0 Å². The summed E-state index contributed by atoms with van der Waals surface area (Å²) in [5.41, 5.74) is 4.15. The van der Waals surface area contributed by atoms with Gasteiger partial charge in [0.15, 0.2) is 0 Å². The van der Waals surface area contributed by atoms with Crippen LogP contribution < -0.4 is 16.0 Å². The minimum Gasteiger partial charge on any atom is -0.376 e. The third-order valence-corrected chi connectivity index (χ3v) is 4.73. The highest BCUT2D eigenvalue weighted by Gasteiger charge is 2.09. The molecule has 0 fully saturated rings. The van der Waals surface area contributed by atoms with E-state index < -0.39 is 0 Å². The fourth-order valence-corrected chi connectivity index (χ4v) is 2.81. The Morgan fingerprint density at radius 1 is 0.900 bits per heavy atom. The number of benzene rings is 2. The van der Waals surface area contributed by atoms with E-state index >= 15 is 0 Å². The summed E-state index contributed by atoms with van der Waals surface area (Å²) < 4.78 is 0. The molecule has 2 rings (SSSR count). The maximum atomic E-state index is 12.3. The predicted octanol–water partition coefficient (Wildman–Crippen LogP) is 3.41. The fraction of sp³-hybridized carbons (Fsp3) is 0.348. The van der Waals surface area contributed by atoms with Crippen LogP contribution in [0.1, 0.15) is 30.9 Å². The summed E-state index contributed by atoms with van der Waals surface area (Å²) in [6.07, 6.45) is 1.53. The number of aryl methyl sites for hydroxylation is 1. The first-order valence-corrected chi connectivity index (χ1v) is 10.0. The van der Waals surface area contributed by atoms with Gasteiger partial charge in [-0.2, -0.15) is 0 Å². The monoisotopic (exact) mass is 410 g/mol. The van der Waals surface area contributed by atoms with Crippen molar-refractivity contribution in [3.63, 3.8) is 0 Å². The molecule has 0 radical (unpaired) electrons. The van der Waals surface area contributed by atoms with Gasteiger partial charge in [0.05, 0.1) is 6.54 Å². The van der Waals surface area contributed by atoms with Crippen LogP contribution in [0.2, 0.25) is 0 Å². The predicted molar refractivity (Wildman–Crippen MR) is 121 cm³/mol. The van der Waals surface area contributed by atoms with Gasteiger partial charge < -0.3 is 20.9 Å². The highest BCUT2D eigenvalue weighted by molar-refractivity contribution is 5.95. The molecule has 0 atom stereocenters. The Bertz CT molecular complexity index is 892. The average molecular weight is 411 g/mol. The van der Waals surface area contributed by atoms with E-state index in [4.69, 9.17) is 0 Å². The summed E-state index contributed by atoms with van der Waals surface area (Å²) in [7, 11) is 3.49. The first kappa shape index (κ1) is 22.9. The van der Waals surface area contributed by atoms with Gasteiger partial charge in [-0.3, -0.25) is 14.4 Å². The van der Waals surface area contributed by atoms with Gasteiger partial charge in [0.25, 0.3) is 0 Å². The summed E-state index contributed by atoms with van der Waals surface area (Å²) >= 11 is 0. The van der Waals surface area contributed by atoms with Crippen molar-refractivity contribution in [3.8, 4) is 0 Å². The molecule has 0 unspecified atom stereocenters. The number of hydrogen-bond donors (Lipinski definition) is 3. The second-order valence-electron chi connectivity index (χ2n) is 7.27. The van der Waals surface area contributed by atoms with Crippen molar-refractivity contribution < 1.29 is 14.4 Å². The van der Waals surface area contributed by atoms with Gasteiger partial charge >= 0.3 is 0 Å². The highest BCUT2D eigenvalue weighted by atomic mass is 16.2. The molecule has 0 bridgehead atoms. The molecule has 2 aromatic rings. The maximum Gasteiger partial charge on any atom is 0.243 e. The number of anilines is 3. The lowest BCUT2D eigenvalue weighted by Crippen LogP contribution is -2.22. The number of nitrogens with zero attached hydrogens (tertiary/aromatic N) is 1. The van der Waals surface area contributed by atoms with Crippen molar-refractivity contribution in [2.45, 2.75) is 33.1 Å². The summed E-state index contributed by atoms with van der Waals surface area (Å²) in [4.78, 5) is 37.2. The van der Waals surface area contributed by atoms with Crippen LogP contribution in [-0.4, -0.2) is 43.3 Å². The van der Waals surface area contributed by atoms with E-state index in [1.165, 1.54) is 0 Å². The van der Waals surface area contributed by atoms with Gasteiger partial charge in [-0.1, -0.05) is 25.1 Å². The van der Waals surface area contributed by atoms with Crippen LogP contribution >= 0.6 is 0 Å². The average Bonchev–Trinajstić information content (AvgIpc) is 2.73. The Labute approximate surface area is 177 Å². The Balaban J connectivity index is 1.87. The van der Waals surface area contributed by atoms with Gasteiger partial charge in [0.2, 0.25) is 17.7 Å². The van der Waals surface area contributed by atoms with E-state index in [1.54, 1.807) is 25.9 Å². The smallest absolute Gasteiger partial charge is 0.243 e. The summed E-state index contributed by atoms with van der Waals surface area (Å²) in [6.45, 7) is 3.79. The van der Waals surface area contributed by atoms with Crippen LogP contribution in [-0.2, 0) is 20.8 Å². The van der Waals surface area contributed by atoms with Crippen LogP contribution in [0.25, 0.3) is 0 Å². The largest absolute Gasteiger partial charge is 0.376 e. The summed E-state index contributed by atoms with van der Waals surface area (Å²) in [6, 6.07) is 13.0. The van der Waals surface area contributed by atoms with Gasteiger partial charge in [-0.15, -0.1) is 0 Å². The minimum atomic E-state index is -0.173. The molecule has 30 heavy (non-hydrogen) atoms. The molecule has 0 aliphatic carbocycles. The fourth-order valence-electron chi connectivity index (χ4n) is 2.81. The van der Waals surface area contributed by atoms with Crippen molar-refractivity contribution in [2.75, 3.05) is 36.6 Å². The van der Waals surface area contributed by atoms with Gasteiger partial charge in [-0.25, -0.2) is 0 Å². The van der Waals surface area contributed by atoms with Crippen molar-refractivity contribution in [3.05, 3.63) is 53.6 Å². The lowest BCUT2D eigenvalue weighted by Gasteiger charge is -2.14. The first-order chi connectivity index (χ1) is 14.3. The molecule has 7 nitrogen and oxygen atoms in total. The Morgan fingerprint density at radius 2 is 1.57 bits per heavy atom. The number of carbonyl (C=O) groups is 3. The van der Waals surface area contributed by atoms with Crippen molar-refractivity contribution in [1.29, 1.82) is 0 Å². The molecule has 0 aromatic heterocycles. The quantitative estimate of drug-likeness (QED) is 0.591. The summed E-state index contributed by atoms with van der Waals surface area (Å²) in [5.74, 6) is -0.137. The van der Waals surface area contributed by atoms with Gasteiger partial charge in [0, 0.05) is 44.0 Å². The van der Waals surface area contributed by atoms with E-state index in [0.717, 1.165) is 22.5 Å². The molecule has 0 saturated carbocycles. The Morgan fingerprint density at radius 3 is 2.20 bits per heavy atom. The summed E-state index contributed by atoms with van der Waals surface area (Å²) in [5, 5.41) is 8.82. The normalized spacial score (nSPS) is 10.3. The lowest BCUT2D eigenvalue weighted by atomic mass is 10.1. The van der Waals surface area contributed by atoms with Crippen LogP contribution in [0.15, 0.2) is 42.5 Å². The number of hydrogen-bond acceptors (Lipinski definition) is 4. The molecule has 0 saturated heterocycles. The zero-order valence-corrected chi connectivity index (χ0v) is 18.0. The third kappa shape index (κ3) is 6.92. The van der Waals surface area contributed by atoms with Gasteiger partial charge in [-0.05, 0) is 48.7 Å². The van der Waals surface area contributed by atoms with Crippen LogP contribution in [0.5, 0.6) is 0 Å². The SMILES string of the molecule is CCC(=O)Nc1cccc(NCC(=O)Nc2ccc(CCC(=O)N(C)C)cc2)c1C. The van der Waals surface area contributed by atoms with E-state index in [1.807, 2.05) is 49.4 Å². The molecule has 3 amide bonds. The third-order valence-electron chi connectivity index (χ3n) is 4.73.